The number of nitrogens with one attached hydrogen (secondary N) is 1. The molecule has 2 aromatic carbocycles. The van der Waals surface area contributed by atoms with E-state index in [1.165, 1.54) is 12.1 Å². The minimum absolute atomic E-state index is 0.136. The van der Waals surface area contributed by atoms with Crippen LogP contribution in [0.1, 0.15) is 22.8 Å². The first kappa shape index (κ1) is 16.5. The Balaban J connectivity index is 2.35. The molecule has 0 bridgehead atoms. The van der Waals surface area contributed by atoms with E-state index in [1.54, 1.807) is 31.4 Å². The van der Waals surface area contributed by atoms with E-state index in [0.29, 0.717) is 18.0 Å². The number of hydrogen-bond acceptors (Lipinski definition) is 4. The molecule has 0 unspecified atom stereocenters. The Kier molecular flexibility index (Phi) is 5.69. The first-order valence-corrected chi connectivity index (χ1v) is 7.40. The maximum Gasteiger partial charge on any atom is 0.212 e. The molecular formula is C19H19NO3. The number of ether oxygens (including phenoxy) is 1. The van der Waals surface area contributed by atoms with Crippen LogP contribution >= 0.6 is 0 Å². The standard InChI is InChI=1S/C19H19NO3/c1-3-20-16-10-6-5-9-15(19(16)22)17(21)13-12-14-8-4-7-11-18(14)23-2/h4-13H,3H2,1-2H3,(H,20,22). The van der Waals surface area contributed by atoms with Gasteiger partial charge in [0.05, 0.1) is 18.4 Å². The first-order valence-electron chi connectivity index (χ1n) is 7.40. The second-order valence-electron chi connectivity index (χ2n) is 4.84. The molecule has 23 heavy (non-hydrogen) atoms. The zero-order valence-electron chi connectivity index (χ0n) is 13.2. The number of benzene rings is 1. The molecule has 0 radical (unpaired) electrons. The lowest BCUT2D eigenvalue weighted by atomic mass is 10.1. The van der Waals surface area contributed by atoms with E-state index in [-0.39, 0.29) is 16.8 Å². The van der Waals surface area contributed by atoms with Crippen LogP contribution in [-0.2, 0) is 0 Å². The summed E-state index contributed by atoms with van der Waals surface area (Å²) in [5.41, 5.74) is 1.04. The molecule has 4 nitrogen and oxygen atoms in total. The molecule has 0 saturated heterocycles. The summed E-state index contributed by atoms with van der Waals surface area (Å²) >= 11 is 0. The minimum Gasteiger partial charge on any atom is -0.496 e. The smallest absolute Gasteiger partial charge is 0.212 e. The highest BCUT2D eigenvalue weighted by Gasteiger charge is 2.09. The summed E-state index contributed by atoms with van der Waals surface area (Å²) in [7, 11) is 1.57. The predicted molar refractivity (Wildman–Crippen MR) is 93.2 cm³/mol. The fraction of sp³-hybridized carbons (Fsp3) is 0.158. The highest BCUT2D eigenvalue weighted by atomic mass is 16.5. The van der Waals surface area contributed by atoms with Gasteiger partial charge in [0.25, 0.3) is 0 Å². The highest BCUT2D eigenvalue weighted by molar-refractivity contribution is 6.07. The minimum atomic E-state index is -0.337. The molecule has 0 atom stereocenters. The zero-order valence-corrected chi connectivity index (χ0v) is 13.2. The van der Waals surface area contributed by atoms with Crippen molar-refractivity contribution in [2.45, 2.75) is 6.92 Å². The monoisotopic (exact) mass is 309 g/mol. The van der Waals surface area contributed by atoms with Gasteiger partial charge in [0.1, 0.15) is 5.75 Å². The van der Waals surface area contributed by atoms with E-state index in [1.807, 2.05) is 31.2 Å². The predicted octanol–water partition coefficient (Wildman–Crippen LogP) is 3.38. The molecule has 0 aliphatic carbocycles. The van der Waals surface area contributed by atoms with Gasteiger partial charge in [0.15, 0.2) is 5.78 Å². The van der Waals surface area contributed by atoms with Crippen LogP contribution in [0.15, 0.2) is 59.4 Å². The normalized spacial score (nSPS) is 10.5. The third-order valence-corrected chi connectivity index (χ3v) is 3.31. The van der Waals surface area contributed by atoms with E-state index in [9.17, 15) is 9.59 Å². The van der Waals surface area contributed by atoms with Crippen LogP contribution in [0.4, 0.5) is 5.69 Å². The van der Waals surface area contributed by atoms with Gasteiger partial charge in [-0.25, -0.2) is 0 Å². The van der Waals surface area contributed by atoms with Gasteiger partial charge >= 0.3 is 0 Å². The molecule has 2 rings (SSSR count). The summed E-state index contributed by atoms with van der Waals surface area (Å²) in [6.07, 6.45) is 3.05. The summed E-state index contributed by atoms with van der Waals surface area (Å²) in [6, 6.07) is 14.0. The van der Waals surface area contributed by atoms with Crippen LogP contribution in [0.25, 0.3) is 6.08 Å². The Bertz CT molecular complexity index is 781. The van der Waals surface area contributed by atoms with Crippen molar-refractivity contribution in [1.29, 1.82) is 0 Å². The topological polar surface area (TPSA) is 55.4 Å². The summed E-state index contributed by atoms with van der Waals surface area (Å²) < 4.78 is 5.24. The average molecular weight is 309 g/mol. The number of methoxy groups -OCH3 is 1. The number of carbonyl (C=O) groups is 1. The Morgan fingerprint density at radius 3 is 2.57 bits per heavy atom. The van der Waals surface area contributed by atoms with Crippen LogP contribution in [-0.4, -0.2) is 19.4 Å². The molecule has 4 heteroatoms. The van der Waals surface area contributed by atoms with Crippen LogP contribution < -0.4 is 15.5 Å². The third-order valence-electron chi connectivity index (χ3n) is 3.31. The van der Waals surface area contributed by atoms with Gasteiger partial charge in [0, 0.05) is 12.1 Å². The van der Waals surface area contributed by atoms with Gasteiger partial charge in [-0.3, -0.25) is 9.59 Å². The van der Waals surface area contributed by atoms with Crippen molar-refractivity contribution in [3.63, 3.8) is 0 Å². The fourth-order valence-corrected chi connectivity index (χ4v) is 2.18. The van der Waals surface area contributed by atoms with Crippen LogP contribution in [0.5, 0.6) is 5.75 Å². The maximum atomic E-state index is 12.4. The largest absolute Gasteiger partial charge is 0.496 e. The van der Waals surface area contributed by atoms with Crippen molar-refractivity contribution < 1.29 is 9.53 Å². The van der Waals surface area contributed by atoms with Crippen LogP contribution in [0, 0.1) is 0 Å². The van der Waals surface area contributed by atoms with Crippen LogP contribution in [0.2, 0.25) is 0 Å². The molecule has 0 aromatic heterocycles. The Morgan fingerprint density at radius 1 is 1.13 bits per heavy atom. The molecule has 2 aromatic rings. The molecule has 0 saturated carbocycles. The quantitative estimate of drug-likeness (QED) is 0.656. The van der Waals surface area contributed by atoms with E-state index in [0.717, 1.165) is 5.56 Å². The van der Waals surface area contributed by atoms with Gasteiger partial charge in [-0.15, -0.1) is 0 Å². The Morgan fingerprint density at radius 2 is 1.83 bits per heavy atom. The van der Waals surface area contributed by atoms with Crippen molar-refractivity contribution in [2.24, 2.45) is 0 Å². The SMILES string of the molecule is CCNc1ccccc(C(=O)C=Cc2ccccc2OC)c1=O. The number of anilines is 1. The Hall–Kier alpha value is -2.88. The lowest BCUT2D eigenvalue weighted by Crippen LogP contribution is -2.15. The lowest BCUT2D eigenvalue weighted by Gasteiger charge is -2.03. The maximum absolute atomic E-state index is 12.4. The Labute approximate surface area is 135 Å². The van der Waals surface area contributed by atoms with E-state index in [4.69, 9.17) is 4.74 Å². The van der Waals surface area contributed by atoms with Crippen molar-refractivity contribution in [1.82, 2.24) is 0 Å². The lowest BCUT2D eigenvalue weighted by molar-refractivity contribution is 0.104. The van der Waals surface area contributed by atoms with Crippen molar-refractivity contribution >= 4 is 17.5 Å². The number of hydrogen-bond donors (Lipinski definition) is 1. The molecular weight excluding hydrogens is 290 g/mol. The zero-order chi connectivity index (χ0) is 16.7. The molecule has 0 fully saturated rings. The van der Waals surface area contributed by atoms with E-state index >= 15 is 0 Å². The number of ketones is 1. The summed E-state index contributed by atoms with van der Waals surface area (Å²) in [6.45, 7) is 2.51. The highest BCUT2D eigenvalue weighted by Crippen LogP contribution is 2.18. The fourth-order valence-electron chi connectivity index (χ4n) is 2.18. The number of para-hydroxylation sites is 1. The van der Waals surface area contributed by atoms with Gasteiger partial charge in [-0.2, -0.15) is 0 Å². The summed E-state index contributed by atoms with van der Waals surface area (Å²) in [5, 5.41) is 2.97. The average Bonchev–Trinajstić information content (AvgIpc) is 2.75. The van der Waals surface area contributed by atoms with E-state index < -0.39 is 0 Å². The second kappa shape index (κ2) is 7.94. The first-order chi connectivity index (χ1) is 11.2. The second-order valence-corrected chi connectivity index (χ2v) is 4.84. The van der Waals surface area contributed by atoms with Gasteiger partial charge < -0.3 is 10.1 Å². The van der Waals surface area contributed by atoms with Gasteiger partial charge in [-0.1, -0.05) is 30.3 Å². The molecule has 0 aliphatic rings. The molecule has 1 N–H and O–H groups in total. The summed E-state index contributed by atoms with van der Waals surface area (Å²) in [4.78, 5) is 24.8. The van der Waals surface area contributed by atoms with Gasteiger partial charge in [0.2, 0.25) is 5.43 Å². The van der Waals surface area contributed by atoms with Crippen LogP contribution in [0.3, 0.4) is 0 Å². The van der Waals surface area contributed by atoms with E-state index in [2.05, 4.69) is 5.32 Å². The molecule has 0 heterocycles. The molecule has 0 spiro atoms. The molecule has 118 valence electrons. The van der Waals surface area contributed by atoms with Gasteiger partial charge in [-0.05, 0) is 37.3 Å². The molecule has 0 amide bonds. The number of allylic oxidation sites excluding steroid dienone is 1. The van der Waals surface area contributed by atoms with Crippen molar-refractivity contribution in [2.75, 3.05) is 19.0 Å². The number of rotatable bonds is 6. The molecule has 0 aliphatic heterocycles. The van der Waals surface area contributed by atoms with Crippen molar-refractivity contribution in [3.8, 4) is 5.75 Å². The summed E-state index contributed by atoms with van der Waals surface area (Å²) in [5.74, 6) is 0.335. The third kappa shape index (κ3) is 4.07. The number of carbonyl (C=O) groups excluding carboxylic acids is 1. The van der Waals surface area contributed by atoms with Crippen molar-refractivity contribution in [3.05, 3.63) is 76.0 Å².